The second-order valence-corrected chi connectivity index (χ2v) is 5.75. The predicted molar refractivity (Wildman–Crippen MR) is 81.4 cm³/mol. The summed E-state index contributed by atoms with van der Waals surface area (Å²) < 4.78 is 7.57. The van der Waals surface area contributed by atoms with Crippen LogP contribution >= 0.6 is 23.4 Å². The Morgan fingerprint density at radius 1 is 1.52 bits per heavy atom. The molecule has 1 aromatic carbocycles. The van der Waals surface area contributed by atoms with Crippen molar-refractivity contribution < 1.29 is 9.53 Å². The van der Waals surface area contributed by atoms with Crippen LogP contribution in [0, 0.1) is 0 Å². The number of ether oxygens (including phenoxy) is 1. The molecule has 1 atom stereocenters. The zero-order chi connectivity index (χ0) is 15.4. The lowest BCUT2D eigenvalue weighted by Crippen LogP contribution is -2.14. The van der Waals surface area contributed by atoms with Gasteiger partial charge in [0.2, 0.25) is 5.91 Å². The van der Waals surface area contributed by atoms with E-state index in [1.54, 1.807) is 16.7 Å². The summed E-state index contributed by atoms with van der Waals surface area (Å²) in [6.45, 7) is 1.87. The van der Waals surface area contributed by atoms with Gasteiger partial charge in [-0.3, -0.25) is 4.79 Å². The van der Waals surface area contributed by atoms with Crippen LogP contribution in [0.15, 0.2) is 29.4 Å². The first-order valence-electron chi connectivity index (χ1n) is 6.20. The Bertz CT molecular complexity index is 647. The van der Waals surface area contributed by atoms with Crippen LogP contribution in [0.2, 0.25) is 5.02 Å². The molecular formula is C13H15ClN4O2S. The lowest BCUT2D eigenvalue weighted by molar-refractivity contribution is -0.115. The van der Waals surface area contributed by atoms with E-state index in [0.29, 0.717) is 21.8 Å². The van der Waals surface area contributed by atoms with E-state index in [4.69, 9.17) is 22.1 Å². The second-order valence-electron chi connectivity index (χ2n) is 4.37. The van der Waals surface area contributed by atoms with Crippen LogP contribution in [0.3, 0.4) is 0 Å². The van der Waals surface area contributed by atoms with Crippen LogP contribution in [0.4, 0.5) is 0 Å². The van der Waals surface area contributed by atoms with Gasteiger partial charge in [-0.15, -0.1) is 10.2 Å². The molecule has 0 aliphatic carbocycles. The van der Waals surface area contributed by atoms with E-state index in [2.05, 4.69) is 10.2 Å². The molecule has 0 fully saturated rings. The lowest BCUT2D eigenvalue weighted by Gasteiger charge is -2.14. The number of nitrogens with zero attached hydrogens (tertiary/aromatic N) is 3. The normalized spacial score (nSPS) is 12.1. The van der Waals surface area contributed by atoms with Crippen molar-refractivity contribution in [3.8, 4) is 5.75 Å². The quantitative estimate of drug-likeness (QED) is 0.823. The summed E-state index contributed by atoms with van der Waals surface area (Å²) in [6, 6.07) is 7.15. The maximum Gasteiger partial charge on any atom is 0.227 e. The van der Waals surface area contributed by atoms with Crippen LogP contribution < -0.4 is 10.5 Å². The van der Waals surface area contributed by atoms with Crippen molar-refractivity contribution in [3.05, 3.63) is 35.1 Å². The first-order valence-corrected chi connectivity index (χ1v) is 7.56. The highest BCUT2D eigenvalue weighted by Gasteiger charge is 2.17. The molecule has 1 amide bonds. The molecule has 0 spiro atoms. The summed E-state index contributed by atoms with van der Waals surface area (Å²) in [7, 11) is 1.82. The number of thioether (sulfide) groups is 1. The van der Waals surface area contributed by atoms with Gasteiger partial charge in [0.1, 0.15) is 5.75 Å². The number of primary amides is 1. The topological polar surface area (TPSA) is 83.0 Å². The minimum atomic E-state index is -0.396. The van der Waals surface area contributed by atoms with E-state index in [1.807, 2.05) is 26.1 Å². The molecule has 0 radical (unpaired) electrons. The number of nitrogens with two attached hydrogens (primary N) is 1. The zero-order valence-electron chi connectivity index (χ0n) is 11.6. The summed E-state index contributed by atoms with van der Waals surface area (Å²) in [5.74, 6) is 1.08. The van der Waals surface area contributed by atoms with Gasteiger partial charge < -0.3 is 15.0 Å². The number of hydrogen-bond donors (Lipinski definition) is 1. The Hall–Kier alpha value is -1.73. The average Bonchev–Trinajstić information content (AvgIpc) is 2.77. The molecule has 2 aromatic rings. The van der Waals surface area contributed by atoms with E-state index >= 15 is 0 Å². The van der Waals surface area contributed by atoms with Crippen LogP contribution in [-0.4, -0.2) is 26.4 Å². The number of aromatic nitrogens is 3. The monoisotopic (exact) mass is 326 g/mol. The van der Waals surface area contributed by atoms with E-state index in [1.165, 1.54) is 11.8 Å². The predicted octanol–water partition coefficient (Wildman–Crippen LogP) is 2.19. The minimum absolute atomic E-state index is 0.162. The van der Waals surface area contributed by atoms with E-state index in [-0.39, 0.29) is 11.9 Å². The van der Waals surface area contributed by atoms with Crippen molar-refractivity contribution in [1.82, 2.24) is 14.8 Å². The molecular weight excluding hydrogens is 312 g/mol. The Labute approximate surface area is 131 Å². The van der Waals surface area contributed by atoms with Crippen LogP contribution in [-0.2, 0) is 11.8 Å². The summed E-state index contributed by atoms with van der Waals surface area (Å²) in [6.07, 6.45) is -0.302. The van der Waals surface area contributed by atoms with Gasteiger partial charge in [0.15, 0.2) is 17.1 Å². The number of amides is 1. The fourth-order valence-corrected chi connectivity index (χ4v) is 2.58. The van der Waals surface area contributed by atoms with E-state index in [0.717, 1.165) is 0 Å². The Balaban J connectivity index is 2.09. The average molecular weight is 327 g/mol. The summed E-state index contributed by atoms with van der Waals surface area (Å²) >= 11 is 7.16. The van der Waals surface area contributed by atoms with Crippen molar-refractivity contribution in [2.45, 2.75) is 18.2 Å². The molecule has 2 rings (SSSR count). The van der Waals surface area contributed by atoms with Gasteiger partial charge >= 0.3 is 0 Å². The lowest BCUT2D eigenvalue weighted by atomic mass is 10.3. The van der Waals surface area contributed by atoms with Crippen molar-refractivity contribution in [2.24, 2.45) is 12.8 Å². The molecule has 0 aliphatic heterocycles. The highest BCUT2D eigenvalue weighted by atomic mass is 35.5. The van der Waals surface area contributed by atoms with E-state index < -0.39 is 5.91 Å². The van der Waals surface area contributed by atoms with Gasteiger partial charge in [0, 0.05) is 12.1 Å². The summed E-state index contributed by atoms with van der Waals surface area (Å²) in [5.41, 5.74) is 5.12. The maximum atomic E-state index is 10.8. The summed E-state index contributed by atoms with van der Waals surface area (Å²) in [5, 5.41) is 9.35. The molecule has 2 N–H and O–H groups in total. The number of carbonyl (C=O) groups is 1. The Kier molecular flexibility index (Phi) is 5.08. The molecule has 0 saturated carbocycles. The molecule has 112 valence electrons. The number of benzene rings is 1. The maximum absolute atomic E-state index is 10.8. The molecule has 0 bridgehead atoms. The van der Waals surface area contributed by atoms with Crippen molar-refractivity contribution >= 4 is 29.3 Å². The van der Waals surface area contributed by atoms with Crippen LogP contribution in [0.5, 0.6) is 5.75 Å². The molecule has 0 aliphatic rings. The standard InChI is InChI=1S/C13H15ClN4O2S/c1-8(20-10-5-3-4-9(14)6-10)12-16-17-13(18(12)2)21-7-11(15)19/h3-6,8H,7H2,1-2H3,(H2,15,19)/t8-/m0/s1. The Morgan fingerprint density at radius 3 is 2.95 bits per heavy atom. The van der Waals surface area contributed by atoms with Crippen LogP contribution in [0.1, 0.15) is 18.9 Å². The van der Waals surface area contributed by atoms with Gasteiger partial charge in [-0.1, -0.05) is 29.4 Å². The minimum Gasteiger partial charge on any atom is -0.483 e. The largest absolute Gasteiger partial charge is 0.483 e. The number of carbonyl (C=O) groups excluding carboxylic acids is 1. The number of halogens is 1. The SMILES string of the molecule is C[C@H](Oc1cccc(Cl)c1)c1nnc(SCC(N)=O)n1C. The molecule has 1 heterocycles. The molecule has 8 heteroatoms. The Morgan fingerprint density at radius 2 is 2.29 bits per heavy atom. The van der Waals surface area contributed by atoms with Gasteiger partial charge in [0.05, 0.1) is 5.75 Å². The number of hydrogen-bond acceptors (Lipinski definition) is 5. The zero-order valence-corrected chi connectivity index (χ0v) is 13.2. The van der Waals surface area contributed by atoms with Crippen molar-refractivity contribution in [2.75, 3.05) is 5.75 Å². The van der Waals surface area contributed by atoms with Gasteiger partial charge in [-0.25, -0.2) is 0 Å². The fourth-order valence-electron chi connectivity index (χ4n) is 1.74. The van der Waals surface area contributed by atoms with Crippen molar-refractivity contribution in [1.29, 1.82) is 0 Å². The van der Waals surface area contributed by atoms with Gasteiger partial charge in [-0.2, -0.15) is 0 Å². The molecule has 0 unspecified atom stereocenters. The fraction of sp³-hybridized carbons (Fsp3) is 0.308. The molecule has 1 aromatic heterocycles. The highest BCUT2D eigenvalue weighted by molar-refractivity contribution is 7.99. The third kappa shape index (κ3) is 4.12. The van der Waals surface area contributed by atoms with Gasteiger partial charge in [0.25, 0.3) is 0 Å². The van der Waals surface area contributed by atoms with Gasteiger partial charge in [-0.05, 0) is 25.1 Å². The molecule has 6 nitrogen and oxygen atoms in total. The second kappa shape index (κ2) is 6.82. The third-order valence-electron chi connectivity index (χ3n) is 2.68. The smallest absolute Gasteiger partial charge is 0.227 e. The summed E-state index contributed by atoms with van der Waals surface area (Å²) in [4.78, 5) is 10.8. The third-order valence-corrected chi connectivity index (χ3v) is 3.96. The van der Waals surface area contributed by atoms with Crippen molar-refractivity contribution in [3.63, 3.8) is 0 Å². The molecule has 21 heavy (non-hydrogen) atoms. The first-order chi connectivity index (χ1) is 9.97. The number of rotatable bonds is 6. The van der Waals surface area contributed by atoms with E-state index in [9.17, 15) is 4.79 Å². The van der Waals surface area contributed by atoms with Crippen LogP contribution in [0.25, 0.3) is 0 Å². The highest BCUT2D eigenvalue weighted by Crippen LogP contribution is 2.25. The molecule has 0 saturated heterocycles. The first kappa shape index (κ1) is 15.7.